The lowest BCUT2D eigenvalue weighted by molar-refractivity contribution is 0.0598. The van der Waals surface area contributed by atoms with Crippen molar-refractivity contribution in [2.45, 2.75) is 133 Å². The van der Waals surface area contributed by atoms with Crippen LogP contribution in [0.1, 0.15) is 123 Å². The largest absolute Gasteiger partial charge is 0.496 e. The fourth-order valence-corrected chi connectivity index (χ4v) is 20.8. The number of thiophene rings is 3. The van der Waals surface area contributed by atoms with Crippen molar-refractivity contribution < 1.29 is 45.8 Å². The Kier molecular flexibility index (Phi) is 27.9. The smallest absolute Gasteiger partial charge is 0.266 e. The van der Waals surface area contributed by atoms with Gasteiger partial charge in [-0.05, 0) is 211 Å². The van der Waals surface area contributed by atoms with Gasteiger partial charge in [0.25, 0.3) is 17.7 Å². The van der Waals surface area contributed by atoms with Gasteiger partial charge in [0.1, 0.15) is 49.3 Å². The van der Waals surface area contributed by atoms with Crippen molar-refractivity contribution in [2.24, 2.45) is 0 Å². The van der Waals surface area contributed by atoms with Crippen molar-refractivity contribution in [2.75, 3.05) is 53.5 Å². The first kappa shape index (κ1) is 83.8. The van der Waals surface area contributed by atoms with Crippen LogP contribution in [-0.4, -0.2) is 136 Å². The predicted octanol–water partition coefficient (Wildman–Crippen LogP) is 20.6. The number of carbonyl (C=O) groups is 3. The Balaban J connectivity index is 0.000000151. The fraction of sp³-hybridized carbons (Fsp3) is 0.315. The van der Waals surface area contributed by atoms with Gasteiger partial charge < -0.3 is 44.9 Å². The number of amides is 3. The van der Waals surface area contributed by atoms with E-state index in [0.29, 0.717) is 56.8 Å². The number of anilines is 1. The second kappa shape index (κ2) is 38.3. The summed E-state index contributed by atoms with van der Waals surface area (Å²) < 4.78 is 73.9. The normalized spacial score (nSPS) is 17.5. The molecule has 0 bridgehead atoms. The molecule has 15 rings (SSSR count). The average Bonchev–Trinajstić information content (AvgIpc) is 1.65. The molecule has 3 aliphatic rings. The number of carbonyl (C=O) groups excluding carboxylic acids is 3. The van der Waals surface area contributed by atoms with Gasteiger partial charge in [-0.1, -0.05) is 120 Å². The van der Waals surface area contributed by atoms with Gasteiger partial charge in [-0.2, -0.15) is 0 Å². The Morgan fingerprint density at radius 2 is 0.826 bits per heavy atom. The van der Waals surface area contributed by atoms with E-state index in [-0.39, 0.29) is 62.3 Å². The van der Waals surface area contributed by atoms with Crippen molar-refractivity contribution in [1.29, 1.82) is 0 Å². The fourth-order valence-electron chi connectivity index (χ4n) is 15.8. The van der Waals surface area contributed by atoms with Gasteiger partial charge in [0.15, 0.2) is 0 Å². The summed E-state index contributed by atoms with van der Waals surface area (Å²) in [5.74, 6) is 0.601. The SMILES string of the molecule is CNC1CCC(N(Cc2cc(-c3ccc(NS(C)(=O)=O)nc3)ccc2OC)C(=O)c2sc3c(F)ccc(F)c3c2Cl)CC1.CNC1CCC(N(Cc2cc(-c3ccccc3)ccc2OC)C(=O)c2sc3ccccc3c2Cl)CC1.CNC1CCC(N(Cc2cc(-c3ccncc3)ccc2OC)C(=O)c2sc3ccccc3c2Cl)CC1. The molecule has 0 spiro atoms. The molecule has 4 N–H and O–H groups in total. The van der Waals surface area contributed by atoms with Crippen LogP contribution in [0.5, 0.6) is 17.2 Å². The number of pyridine rings is 2. The number of ether oxygens (including phenoxy) is 3. The average molecular weight is 1690 g/mol. The third-order valence-electron chi connectivity index (χ3n) is 22.1. The number of rotatable bonds is 23. The predicted molar refractivity (Wildman–Crippen MR) is 465 cm³/mol. The topological polar surface area (TPSA) is 197 Å². The van der Waals surface area contributed by atoms with E-state index in [1.165, 1.54) is 22.7 Å². The second-order valence-electron chi connectivity index (χ2n) is 29.1. The monoisotopic (exact) mass is 1690 g/mol. The molecule has 3 saturated carbocycles. The second-order valence-corrected chi connectivity index (χ2v) is 35.1. The highest BCUT2D eigenvalue weighted by molar-refractivity contribution is 7.92. The zero-order valence-corrected chi connectivity index (χ0v) is 70.5. The summed E-state index contributed by atoms with van der Waals surface area (Å²) in [7, 11) is 7.40. The summed E-state index contributed by atoms with van der Waals surface area (Å²) in [6.07, 6.45) is 17.4. The maximum atomic E-state index is 14.7. The first-order valence-corrected chi connectivity index (χ1v) is 43.9. The van der Waals surface area contributed by atoms with Crippen LogP contribution < -0.4 is 34.9 Å². The molecule has 26 heteroatoms. The molecule has 7 aromatic carbocycles. The molecule has 12 aromatic rings. The molecule has 3 fully saturated rings. The molecule has 17 nitrogen and oxygen atoms in total. The molecular weight excluding hydrogens is 1600 g/mol. The van der Waals surface area contributed by atoms with Crippen molar-refractivity contribution in [1.82, 2.24) is 40.6 Å². The van der Waals surface area contributed by atoms with E-state index < -0.39 is 27.6 Å². The van der Waals surface area contributed by atoms with Crippen LogP contribution in [0.4, 0.5) is 14.6 Å². The van der Waals surface area contributed by atoms with Gasteiger partial charge in [0, 0.05) is 117 Å². The quantitative estimate of drug-likeness (QED) is 0.0472. The summed E-state index contributed by atoms with van der Waals surface area (Å²) in [6.45, 7) is 1.10. The number of hydrogen-bond donors (Lipinski definition) is 4. The van der Waals surface area contributed by atoms with Crippen LogP contribution in [0.3, 0.4) is 0 Å². The Labute approximate surface area is 697 Å². The number of aromatic nitrogens is 2. The van der Waals surface area contributed by atoms with Gasteiger partial charge in [-0.25, -0.2) is 22.2 Å². The van der Waals surface area contributed by atoms with Gasteiger partial charge in [0.05, 0.1) is 52.7 Å². The third kappa shape index (κ3) is 19.6. The maximum absolute atomic E-state index is 14.7. The number of nitrogens with one attached hydrogen (secondary N) is 4. The van der Waals surface area contributed by atoms with E-state index in [2.05, 4.69) is 61.0 Å². The number of nitrogens with zero attached hydrogens (tertiary/aromatic N) is 5. The first-order valence-electron chi connectivity index (χ1n) is 38.4. The van der Waals surface area contributed by atoms with Crippen LogP contribution in [0.25, 0.3) is 63.6 Å². The highest BCUT2D eigenvalue weighted by Gasteiger charge is 2.37. The van der Waals surface area contributed by atoms with Gasteiger partial charge >= 0.3 is 0 Å². The Bertz CT molecular complexity index is 5320. The van der Waals surface area contributed by atoms with E-state index in [1.807, 2.05) is 140 Å². The molecule has 0 aliphatic heterocycles. The molecule has 115 heavy (non-hydrogen) atoms. The van der Waals surface area contributed by atoms with Crippen LogP contribution in [0.15, 0.2) is 188 Å². The van der Waals surface area contributed by atoms with Crippen LogP contribution in [0.2, 0.25) is 15.1 Å². The molecule has 0 atom stereocenters. The summed E-state index contributed by atoms with van der Waals surface area (Å²) in [6, 6.07) is 55.0. The molecule has 3 aliphatic carbocycles. The molecule has 0 saturated heterocycles. The molecule has 5 heterocycles. The Morgan fingerprint density at radius 1 is 0.452 bits per heavy atom. The minimum Gasteiger partial charge on any atom is -0.496 e. The van der Waals surface area contributed by atoms with E-state index >= 15 is 0 Å². The minimum absolute atomic E-state index is 0.00118. The van der Waals surface area contributed by atoms with Crippen molar-refractivity contribution in [3.8, 4) is 50.6 Å². The standard InChI is InChI=1S/C30H31ClF2N4O4S2.C30H31ClN2O2S.C29H30ClN3O2S/c1-34-20-6-8-21(9-7-20)37(30(38)29-27(31)26-22(32)10-11-23(33)28(26)42-29)16-19-14-17(4-12-24(19)41-2)18-5-13-25(35-15-18)36-43(3,39)40;1-32-23-13-15-24(16-14-23)33(30(34)29-28(31)25-10-6-7-11-27(25)36-29)19-22-18-21(12-17-26(22)35-2)20-8-4-3-5-9-20;1-31-22-8-10-23(11-9-22)33(29(34)28-27(30)24-5-3-4-6-26(24)36-28)18-21-17-20(7-12-25(21)35-2)19-13-15-32-16-14-19/h4-5,10-15,20-21,34H,6-9,16H2,1-3H3,(H,35,36);3-12,17-18,23-24,32H,13-16,19H2,1-2H3;3-7,12-17,22-23,31H,8-11,18H2,1-2H3. The van der Waals surface area contributed by atoms with Gasteiger partial charge in [-0.3, -0.25) is 24.1 Å². The molecule has 0 unspecified atom stereocenters. The zero-order chi connectivity index (χ0) is 81.0. The van der Waals surface area contributed by atoms with Crippen LogP contribution in [-0.2, 0) is 29.7 Å². The molecular formula is C89H92Cl3F2N9O8S4. The van der Waals surface area contributed by atoms with E-state index in [4.69, 9.17) is 49.0 Å². The number of sulfonamides is 1. The highest BCUT2D eigenvalue weighted by Crippen LogP contribution is 2.44. The van der Waals surface area contributed by atoms with E-state index in [0.717, 1.165) is 189 Å². The Morgan fingerprint density at radius 3 is 1.20 bits per heavy atom. The van der Waals surface area contributed by atoms with Crippen LogP contribution >= 0.6 is 68.8 Å². The number of hydrogen-bond acceptors (Lipinski definition) is 16. The number of benzene rings is 7. The van der Waals surface area contributed by atoms with Gasteiger partial charge in [-0.15, -0.1) is 34.0 Å². The Hall–Kier alpha value is -9.11. The third-order valence-corrected chi connectivity index (χ3v) is 27.7. The summed E-state index contributed by atoms with van der Waals surface area (Å²) in [5, 5.41) is 12.9. The molecule has 600 valence electrons. The molecule has 3 amide bonds. The molecule has 0 radical (unpaired) electrons. The number of halogens is 5. The van der Waals surface area contributed by atoms with Crippen molar-refractivity contribution >= 4 is 133 Å². The minimum atomic E-state index is -3.47. The first-order chi connectivity index (χ1) is 55.7. The summed E-state index contributed by atoms with van der Waals surface area (Å²) in [5.41, 5.74) is 8.61. The summed E-state index contributed by atoms with van der Waals surface area (Å²) >= 11 is 23.9. The lowest BCUT2D eigenvalue weighted by Crippen LogP contribution is -2.44. The van der Waals surface area contributed by atoms with Crippen molar-refractivity contribution in [3.63, 3.8) is 0 Å². The van der Waals surface area contributed by atoms with E-state index in [9.17, 15) is 31.6 Å². The number of methoxy groups -OCH3 is 3. The van der Waals surface area contributed by atoms with Crippen LogP contribution in [0, 0.1) is 11.6 Å². The lowest BCUT2D eigenvalue weighted by Gasteiger charge is -2.37. The summed E-state index contributed by atoms with van der Waals surface area (Å²) in [4.78, 5) is 57.9. The maximum Gasteiger partial charge on any atom is 0.266 e. The van der Waals surface area contributed by atoms with Crippen molar-refractivity contribution in [3.05, 3.63) is 246 Å². The number of fused-ring (bicyclic) bond motifs is 3. The molecule has 5 aromatic heterocycles. The van der Waals surface area contributed by atoms with E-state index in [1.54, 1.807) is 63.0 Å². The lowest BCUT2D eigenvalue weighted by atomic mass is 9.89. The van der Waals surface area contributed by atoms with Gasteiger partial charge in [0.2, 0.25) is 10.0 Å². The highest BCUT2D eigenvalue weighted by atomic mass is 35.5. The zero-order valence-electron chi connectivity index (χ0n) is 65.0.